The standard InChI is InChI=1S/C28H37FN2O3/c1-6-33-27(32)21(4)17-28(30-25-11-8-10-24(29)16-25)13-14-31(22(5)18-28)19-23-9-7-12-26(15-23)34-20(2)3/h7-12,15-17,20,22,30H,6,13-14,18-19H2,1-5H3/b21-17+/t22-,28-/m0/s1. The summed E-state index contributed by atoms with van der Waals surface area (Å²) in [5, 5.41) is 3.54. The molecular weight excluding hydrogens is 431 g/mol. The second-order valence-corrected chi connectivity index (χ2v) is 9.43. The van der Waals surface area contributed by atoms with Gasteiger partial charge >= 0.3 is 5.97 Å². The summed E-state index contributed by atoms with van der Waals surface area (Å²) in [7, 11) is 0. The molecule has 5 nitrogen and oxygen atoms in total. The number of ether oxygens (including phenoxy) is 2. The molecule has 0 aliphatic carbocycles. The Balaban J connectivity index is 1.80. The summed E-state index contributed by atoms with van der Waals surface area (Å²) in [4.78, 5) is 14.8. The first-order valence-electron chi connectivity index (χ1n) is 12.1. The largest absolute Gasteiger partial charge is 0.491 e. The van der Waals surface area contributed by atoms with E-state index in [1.165, 1.54) is 17.7 Å². The number of hydrogen-bond acceptors (Lipinski definition) is 5. The number of esters is 1. The second kappa shape index (κ2) is 11.5. The molecule has 2 atom stereocenters. The molecule has 2 aromatic carbocycles. The van der Waals surface area contributed by atoms with Gasteiger partial charge in [-0.1, -0.05) is 18.2 Å². The summed E-state index contributed by atoms with van der Waals surface area (Å²) in [6, 6.07) is 14.9. The maximum atomic E-state index is 13.9. The molecule has 0 saturated carbocycles. The second-order valence-electron chi connectivity index (χ2n) is 9.43. The molecule has 1 heterocycles. The maximum Gasteiger partial charge on any atom is 0.333 e. The van der Waals surface area contributed by atoms with E-state index in [0.29, 0.717) is 17.9 Å². The smallest absolute Gasteiger partial charge is 0.333 e. The number of nitrogens with one attached hydrogen (secondary N) is 1. The Bertz CT molecular complexity index is 1010. The molecule has 0 aromatic heterocycles. The Labute approximate surface area is 202 Å². The van der Waals surface area contributed by atoms with Gasteiger partial charge in [-0.25, -0.2) is 9.18 Å². The van der Waals surface area contributed by atoms with Gasteiger partial charge in [0, 0.05) is 30.4 Å². The van der Waals surface area contributed by atoms with E-state index in [-0.39, 0.29) is 23.9 Å². The molecule has 2 aromatic rings. The fraction of sp³-hybridized carbons (Fsp3) is 0.464. The third-order valence-corrected chi connectivity index (χ3v) is 6.09. The highest BCUT2D eigenvalue weighted by atomic mass is 19.1. The maximum absolute atomic E-state index is 13.9. The third kappa shape index (κ3) is 7.07. The Morgan fingerprint density at radius 2 is 2.03 bits per heavy atom. The molecule has 0 amide bonds. The van der Waals surface area contributed by atoms with Crippen molar-refractivity contribution in [1.29, 1.82) is 0 Å². The minimum absolute atomic E-state index is 0.132. The molecule has 1 fully saturated rings. The van der Waals surface area contributed by atoms with Gasteiger partial charge in [0.2, 0.25) is 0 Å². The van der Waals surface area contributed by atoms with Crippen LogP contribution < -0.4 is 10.1 Å². The van der Waals surface area contributed by atoms with Crippen molar-refractivity contribution in [1.82, 2.24) is 4.90 Å². The Morgan fingerprint density at radius 3 is 2.71 bits per heavy atom. The van der Waals surface area contributed by atoms with Gasteiger partial charge in [-0.05, 0) is 89.4 Å². The molecular formula is C28H37FN2O3. The predicted molar refractivity (Wildman–Crippen MR) is 134 cm³/mol. The highest BCUT2D eigenvalue weighted by molar-refractivity contribution is 5.88. The Morgan fingerprint density at radius 1 is 1.26 bits per heavy atom. The number of anilines is 1. The van der Waals surface area contributed by atoms with Crippen molar-refractivity contribution in [3.63, 3.8) is 0 Å². The number of halogens is 1. The van der Waals surface area contributed by atoms with Crippen LogP contribution in [-0.4, -0.2) is 41.7 Å². The van der Waals surface area contributed by atoms with Crippen LogP contribution in [0.5, 0.6) is 5.75 Å². The number of rotatable bonds is 9. The molecule has 3 rings (SSSR count). The molecule has 1 N–H and O–H groups in total. The normalized spacial score (nSPS) is 21.4. The summed E-state index contributed by atoms with van der Waals surface area (Å²) in [5.74, 6) is 0.271. The predicted octanol–water partition coefficient (Wildman–Crippen LogP) is 5.96. The van der Waals surface area contributed by atoms with Crippen LogP contribution in [0.4, 0.5) is 10.1 Å². The average Bonchev–Trinajstić information content (AvgIpc) is 2.76. The van der Waals surface area contributed by atoms with E-state index in [0.717, 1.165) is 31.7 Å². The van der Waals surface area contributed by atoms with Crippen molar-refractivity contribution in [3.05, 3.63) is 71.6 Å². The zero-order valence-corrected chi connectivity index (χ0v) is 20.9. The number of hydrogen-bond donors (Lipinski definition) is 1. The lowest BCUT2D eigenvalue weighted by Crippen LogP contribution is -2.52. The lowest BCUT2D eigenvalue weighted by molar-refractivity contribution is -0.138. The van der Waals surface area contributed by atoms with Crippen molar-refractivity contribution in [3.8, 4) is 5.75 Å². The van der Waals surface area contributed by atoms with Crippen molar-refractivity contribution < 1.29 is 18.7 Å². The summed E-state index contributed by atoms with van der Waals surface area (Å²) < 4.78 is 24.9. The quantitative estimate of drug-likeness (QED) is 0.364. The average molecular weight is 469 g/mol. The zero-order valence-electron chi connectivity index (χ0n) is 20.9. The molecule has 184 valence electrons. The van der Waals surface area contributed by atoms with E-state index in [9.17, 15) is 9.18 Å². The van der Waals surface area contributed by atoms with Gasteiger partial charge in [-0.2, -0.15) is 0 Å². The first kappa shape index (κ1) is 25.8. The van der Waals surface area contributed by atoms with Gasteiger partial charge < -0.3 is 14.8 Å². The van der Waals surface area contributed by atoms with Crippen LogP contribution in [0.2, 0.25) is 0 Å². The van der Waals surface area contributed by atoms with Crippen LogP contribution in [0.15, 0.2) is 60.2 Å². The number of benzene rings is 2. The SMILES string of the molecule is CCOC(=O)/C(C)=C/[C@@]1(Nc2cccc(F)c2)CCN(Cc2cccc(OC(C)C)c2)[C@@H](C)C1. The highest BCUT2D eigenvalue weighted by Crippen LogP contribution is 2.34. The number of carbonyl (C=O) groups excluding carboxylic acids is 1. The number of piperidine rings is 1. The van der Waals surface area contributed by atoms with E-state index in [1.807, 2.05) is 38.1 Å². The summed E-state index contributed by atoms with van der Waals surface area (Å²) >= 11 is 0. The first-order valence-corrected chi connectivity index (χ1v) is 12.1. The van der Waals surface area contributed by atoms with E-state index in [2.05, 4.69) is 29.3 Å². The van der Waals surface area contributed by atoms with Gasteiger partial charge in [-0.3, -0.25) is 4.90 Å². The molecule has 6 heteroatoms. The molecule has 1 aliphatic rings. The minimum atomic E-state index is -0.483. The van der Waals surface area contributed by atoms with Crippen LogP contribution in [0, 0.1) is 5.82 Å². The summed E-state index contributed by atoms with van der Waals surface area (Å²) in [5.41, 5.74) is 1.98. The lowest BCUT2D eigenvalue weighted by atomic mass is 9.81. The first-order chi connectivity index (χ1) is 16.2. The fourth-order valence-corrected chi connectivity index (χ4v) is 4.63. The van der Waals surface area contributed by atoms with E-state index in [1.54, 1.807) is 19.9 Å². The molecule has 0 spiro atoms. The minimum Gasteiger partial charge on any atom is -0.491 e. The van der Waals surface area contributed by atoms with E-state index < -0.39 is 5.54 Å². The van der Waals surface area contributed by atoms with Crippen LogP contribution in [0.25, 0.3) is 0 Å². The Hall–Kier alpha value is -2.86. The molecule has 0 radical (unpaired) electrons. The van der Waals surface area contributed by atoms with Crippen molar-refractivity contribution in [2.45, 2.75) is 71.7 Å². The third-order valence-electron chi connectivity index (χ3n) is 6.09. The van der Waals surface area contributed by atoms with Crippen molar-refractivity contribution >= 4 is 11.7 Å². The van der Waals surface area contributed by atoms with Crippen LogP contribution in [0.3, 0.4) is 0 Å². The van der Waals surface area contributed by atoms with E-state index in [4.69, 9.17) is 9.47 Å². The van der Waals surface area contributed by atoms with Crippen molar-refractivity contribution in [2.24, 2.45) is 0 Å². The zero-order chi connectivity index (χ0) is 24.7. The van der Waals surface area contributed by atoms with E-state index >= 15 is 0 Å². The molecule has 34 heavy (non-hydrogen) atoms. The van der Waals surface area contributed by atoms with Gasteiger partial charge in [0.05, 0.1) is 18.2 Å². The van der Waals surface area contributed by atoms with Gasteiger partial charge in [0.15, 0.2) is 0 Å². The molecule has 0 unspecified atom stereocenters. The summed E-state index contributed by atoms with van der Waals surface area (Å²) in [6.07, 6.45) is 3.64. The highest BCUT2D eigenvalue weighted by Gasteiger charge is 2.37. The molecule has 1 aliphatic heterocycles. The molecule has 1 saturated heterocycles. The number of likely N-dealkylation sites (tertiary alicyclic amines) is 1. The Kier molecular flexibility index (Phi) is 8.72. The topological polar surface area (TPSA) is 50.8 Å². The van der Waals surface area contributed by atoms with Gasteiger partial charge in [0.25, 0.3) is 0 Å². The fourth-order valence-electron chi connectivity index (χ4n) is 4.63. The van der Waals surface area contributed by atoms with Gasteiger partial charge in [-0.15, -0.1) is 0 Å². The van der Waals surface area contributed by atoms with Crippen LogP contribution >= 0.6 is 0 Å². The lowest BCUT2D eigenvalue weighted by Gasteiger charge is -2.45. The van der Waals surface area contributed by atoms with Crippen molar-refractivity contribution in [2.75, 3.05) is 18.5 Å². The summed E-state index contributed by atoms with van der Waals surface area (Å²) in [6.45, 7) is 11.8. The number of nitrogens with zero attached hydrogens (tertiary/aromatic N) is 1. The van der Waals surface area contributed by atoms with Crippen LogP contribution in [0.1, 0.15) is 53.0 Å². The monoisotopic (exact) mass is 468 g/mol. The van der Waals surface area contributed by atoms with Crippen LogP contribution in [-0.2, 0) is 16.1 Å². The molecule has 0 bridgehead atoms. The number of carbonyl (C=O) groups is 1. The van der Waals surface area contributed by atoms with Gasteiger partial charge in [0.1, 0.15) is 11.6 Å².